The molecule has 4 nitrogen and oxygen atoms in total. The number of hydrogen-bond donors (Lipinski definition) is 0. The molecule has 14 heteroatoms. The molecule has 6 rings (SSSR count). The number of hydrogen-bond acceptors (Lipinski definition) is 4. The van der Waals surface area contributed by atoms with E-state index >= 15 is 0 Å². The minimum absolute atomic E-state index is 0.585. The molecular weight excluding hydrogens is 646 g/mol. The van der Waals surface area contributed by atoms with Gasteiger partial charge in [-0.2, -0.15) is 26.3 Å². The van der Waals surface area contributed by atoms with Crippen molar-refractivity contribution < 1.29 is 35.4 Å². The summed E-state index contributed by atoms with van der Waals surface area (Å²) < 4.78 is 89.4. The molecule has 0 aliphatic heterocycles. The summed E-state index contributed by atoms with van der Waals surface area (Å²) in [5, 5.41) is 0. The van der Waals surface area contributed by atoms with E-state index in [0.717, 1.165) is 44.5 Å². The predicted molar refractivity (Wildman–Crippen MR) is 167 cm³/mol. The molecular formula is C29H20F6N2O2P4. The molecule has 4 aromatic carbocycles. The molecule has 4 aromatic rings. The van der Waals surface area contributed by atoms with Crippen molar-refractivity contribution in [2.45, 2.75) is 5.41 Å². The van der Waals surface area contributed by atoms with Crippen LogP contribution in [0, 0.1) is 0 Å². The fourth-order valence-electron chi connectivity index (χ4n) is 5.78. The molecule has 0 amide bonds. The van der Waals surface area contributed by atoms with Gasteiger partial charge in [0.1, 0.15) is 0 Å². The Labute approximate surface area is 251 Å². The van der Waals surface area contributed by atoms with E-state index in [0.29, 0.717) is 11.4 Å². The van der Waals surface area contributed by atoms with E-state index in [9.17, 15) is 26.3 Å². The Bertz CT molecular complexity index is 1680. The van der Waals surface area contributed by atoms with Crippen LogP contribution in [0.4, 0.5) is 37.7 Å². The van der Waals surface area contributed by atoms with Gasteiger partial charge in [-0.1, -0.05) is 60.7 Å². The quantitative estimate of drug-likeness (QED) is 0.0918. The van der Waals surface area contributed by atoms with Gasteiger partial charge < -0.3 is 17.9 Å². The number of fused-ring (bicyclic) bond motifs is 10. The minimum Gasteiger partial charge on any atom is -0.427 e. The summed E-state index contributed by atoms with van der Waals surface area (Å²) in [4.78, 5) is 0. The molecule has 0 radical (unpaired) electrons. The highest BCUT2D eigenvalue weighted by Gasteiger charge is 2.51. The Morgan fingerprint density at radius 2 is 0.907 bits per heavy atom. The maximum atomic E-state index is 13.4. The third-order valence-corrected chi connectivity index (χ3v) is 10.1. The smallest absolute Gasteiger partial charge is 0.343 e. The van der Waals surface area contributed by atoms with E-state index in [2.05, 4.69) is 40.0 Å². The fraction of sp³-hybridized carbons (Fsp3) is 0.0345. The van der Waals surface area contributed by atoms with Crippen LogP contribution in [0.1, 0.15) is 22.3 Å². The van der Waals surface area contributed by atoms with Crippen LogP contribution in [0.5, 0.6) is 0 Å². The van der Waals surface area contributed by atoms with E-state index in [1.807, 2.05) is 60.7 Å². The highest BCUT2D eigenvalue weighted by Crippen LogP contribution is 2.64. The van der Waals surface area contributed by atoms with Crippen molar-refractivity contribution >= 4 is 48.1 Å². The van der Waals surface area contributed by atoms with E-state index in [4.69, 9.17) is 0 Å². The predicted octanol–water partition coefficient (Wildman–Crippen LogP) is 10.3. The van der Waals surface area contributed by atoms with Gasteiger partial charge in [0.15, 0.2) is 17.9 Å². The molecule has 2 aliphatic carbocycles. The van der Waals surface area contributed by atoms with Crippen molar-refractivity contribution in [1.82, 2.24) is 0 Å². The van der Waals surface area contributed by atoms with Gasteiger partial charge in [0.2, 0.25) is 0 Å². The normalized spacial score (nSPS) is 13.6. The molecule has 43 heavy (non-hydrogen) atoms. The lowest BCUT2D eigenvalue weighted by atomic mass is 9.70. The number of benzene rings is 4. The molecule has 0 fully saturated rings. The molecule has 0 saturated heterocycles. The Kier molecular flexibility index (Phi) is 8.17. The maximum absolute atomic E-state index is 13.4. The van der Waals surface area contributed by atoms with Gasteiger partial charge in [-0.25, -0.2) is 0 Å². The first kappa shape index (κ1) is 29.9. The van der Waals surface area contributed by atoms with Crippen molar-refractivity contribution in [2.24, 2.45) is 0 Å². The molecule has 1 spiro atoms. The Balaban J connectivity index is 1.53. The summed E-state index contributed by atoms with van der Waals surface area (Å²) in [6.45, 7) is 0. The number of rotatable bonds is 8. The SMILES string of the molecule is FC(F)=C(F)OPN(P)c1ccc2c(c1)C1(c3ccccc3-c3ccccc31)c1cc(N(P)POC(F)=C(F)F)ccc1-2. The van der Waals surface area contributed by atoms with Crippen LogP contribution in [-0.2, 0) is 14.5 Å². The fourth-order valence-corrected chi connectivity index (χ4v) is 7.41. The van der Waals surface area contributed by atoms with E-state index < -0.39 is 47.5 Å². The van der Waals surface area contributed by atoms with Crippen LogP contribution in [0.2, 0.25) is 0 Å². The van der Waals surface area contributed by atoms with Gasteiger partial charge >= 0.3 is 24.2 Å². The van der Waals surface area contributed by atoms with E-state index in [1.54, 1.807) is 12.1 Å². The van der Waals surface area contributed by atoms with E-state index in [-0.39, 0.29) is 0 Å². The van der Waals surface area contributed by atoms with Gasteiger partial charge in [-0.15, -0.1) is 0 Å². The lowest BCUT2D eigenvalue weighted by Gasteiger charge is -2.32. The summed E-state index contributed by atoms with van der Waals surface area (Å²) in [6, 6.07) is 23.4. The number of nitrogens with zero attached hydrogens (tertiary/aromatic N) is 2. The van der Waals surface area contributed by atoms with Crippen LogP contribution >= 0.6 is 36.7 Å². The molecule has 4 atom stereocenters. The third-order valence-electron chi connectivity index (χ3n) is 7.38. The topological polar surface area (TPSA) is 24.9 Å². The second kappa shape index (κ2) is 11.7. The molecule has 0 bridgehead atoms. The minimum atomic E-state index is -2.54. The van der Waals surface area contributed by atoms with Gasteiger partial charge in [-0.3, -0.25) is 0 Å². The average molecular weight is 666 g/mol. The van der Waals surface area contributed by atoms with Gasteiger partial charge in [0.25, 0.3) is 0 Å². The molecule has 2 aliphatic rings. The Morgan fingerprint density at radius 1 is 0.535 bits per heavy atom. The zero-order valence-corrected chi connectivity index (χ0v) is 26.0. The summed E-state index contributed by atoms with van der Waals surface area (Å²) in [6.07, 6.45) is -5.07. The summed E-state index contributed by atoms with van der Waals surface area (Å²) in [7, 11) is 3.18. The standard InChI is InChI=1S/C29H20F6N2O2P4/c30-25(31)27(34)38-42-36(40)15-9-11-19-20-12-10-16(37(41)43-39-28(35)26(32)33)14-24(20)29(23(19)13-15)21-7-3-1-5-17(21)18-6-2-4-8-22(18)29/h1-14,42-43H,40-41H2. The highest BCUT2D eigenvalue weighted by molar-refractivity contribution is 7.48. The lowest BCUT2D eigenvalue weighted by Crippen LogP contribution is -2.26. The van der Waals surface area contributed by atoms with E-state index in [1.165, 1.54) is 8.88 Å². The monoisotopic (exact) mass is 666 g/mol. The van der Waals surface area contributed by atoms with Gasteiger partial charge in [0.05, 0.1) is 5.41 Å². The van der Waals surface area contributed by atoms with Crippen LogP contribution < -0.4 is 8.88 Å². The van der Waals surface area contributed by atoms with Crippen molar-refractivity contribution in [3.8, 4) is 22.3 Å². The molecule has 0 heterocycles. The lowest BCUT2D eigenvalue weighted by molar-refractivity contribution is 0.262. The molecule has 0 N–H and O–H groups in total. The van der Waals surface area contributed by atoms with Crippen LogP contribution in [-0.4, -0.2) is 0 Å². The summed E-state index contributed by atoms with van der Waals surface area (Å²) in [5.41, 5.74) is 8.08. The molecule has 4 unspecified atom stereocenters. The van der Waals surface area contributed by atoms with Gasteiger partial charge in [-0.05, 0) is 87.6 Å². The maximum Gasteiger partial charge on any atom is 0.343 e. The largest absolute Gasteiger partial charge is 0.427 e. The van der Waals surface area contributed by atoms with Crippen molar-refractivity contribution in [3.05, 3.63) is 131 Å². The van der Waals surface area contributed by atoms with Gasteiger partial charge in [0, 0.05) is 11.4 Å². The highest BCUT2D eigenvalue weighted by atomic mass is 31.1. The van der Waals surface area contributed by atoms with Crippen molar-refractivity contribution in [1.29, 1.82) is 0 Å². The zero-order chi connectivity index (χ0) is 30.5. The molecule has 0 saturated carbocycles. The summed E-state index contributed by atoms with van der Waals surface area (Å²) >= 11 is 0. The van der Waals surface area contributed by atoms with Crippen LogP contribution in [0.15, 0.2) is 109 Å². The number of anilines is 2. The Morgan fingerprint density at radius 3 is 1.30 bits per heavy atom. The van der Waals surface area contributed by atoms with Crippen LogP contribution in [0.3, 0.4) is 0 Å². The van der Waals surface area contributed by atoms with Crippen molar-refractivity contribution in [3.63, 3.8) is 0 Å². The first-order valence-electron chi connectivity index (χ1n) is 12.5. The average Bonchev–Trinajstić information content (AvgIpc) is 3.48. The zero-order valence-electron chi connectivity index (χ0n) is 21.7. The molecule has 0 aromatic heterocycles. The second-order valence-electron chi connectivity index (χ2n) is 9.50. The third kappa shape index (κ3) is 4.99. The first-order chi connectivity index (χ1) is 20.6. The van der Waals surface area contributed by atoms with Crippen molar-refractivity contribution in [2.75, 3.05) is 8.88 Å². The molecule has 220 valence electrons. The first-order valence-corrected chi connectivity index (χ1v) is 15.2. The number of halogens is 6. The van der Waals surface area contributed by atoms with Crippen LogP contribution in [0.25, 0.3) is 22.3 Å². The summed E-state index contributed by atoms with van der Waals surface area (Å²) in [5.74, 6) is 0. The second-order valence-corrected chi connectivity index (χ2v) is 13.3. The Hall–Kier alpha value is -3.14.